The van der Waals surface area contributed by atoms with Crippen LogP contribution in [0.15, 0.2) is 34.2 Å². The topological polar surface area (TPSA) is 105 Å². The molecular weight excluding hydrogens is 314 g/mol. The zero-order chi connectivity index (χ0) is 16.1. The van der Waals surface area contributed by atoms with Crippen molar-refractivity contribution < 1.29 is 9.21 Å². The third-order valence-electron chi connectivity index (χ3n) is 3.71. The van der Waals surface area contributed by atoms with E-state index in [0.717, 1.165) is 30.2 Å². The first-order valence-corrected chi connectivity index (χ1v) is 8.28. The fourth-order valence-corrected chi connectivity index (χ4v) is 3.12. The van der Waals surface area contributed by atoms with Gasteiger partial charge in [-0.1, -0.05) is 11.8 Å². The maximum absolute atomic E-state index is 12.0. The molecule has 3 rings (SSSR count). The van der Waals surface area contributed by atoms with Gasteiger partial charge >= 0.3 is 0 Å². The Bertz CT molecular complexity index is 719. The summed E-state index contributed by atoms with van der Waals surface area (Å²) in [7, 11) is 0. The van der Waals surface area contributed by atoms with Crippen LogP contribution in [0.4, 0.5) is 0 Å². The highest BCUT2D eigenvalue weighted by molar-refractivity contribution is 7.99. The molecule has 0 spiro atoms. The SMILES string of the molecule is N#CC1(NC(=O)CSc2nnc(-c3ccncc3)o2)CCCC1. The van der Waals surface area contributed by atoms with E-state index in [-0.39, 0.29) is 11.7 Å². The van der Waals surface area contributed by atoms with Gasteiger partial charge in [0.05, 0.1) is 11.8 Å². The maximum Gasteiger partial charge on any atom is 0.277 e. The van der Waals surface area contributed by atoms with Gasteiger partial charge in [-0.3, -0.25) is 9.78 Å². The van der Waals surface area contributed by atoms with Crippen LogP contribution < -0.4 is 5.32 Å². The summed E-state index contributed by atoms with van der Waals surface area (Å²) in [6.45, 7) is 0. The second-order valence-corrected chi connectivity index (χ2v) is 6.27. The van der Waals surface area contributed by atoms with Crippen LogP contribution in [0, 0.1) is 11.3 Å². The molecule has 1 N–H and O–H groups in total. The summed E-state index contributed by atoms with van der Waals surface area (Å²) in [5, 5.41) is 20.3. The van der Waals surface area contributed by atoms with Crippen LogP contribution in [-0.4, -0.2) is 32.4 Å². The summed E-state index contributed by atoms with van der Waals surface area (Å²) >= 11 is 1.16. The molecule has 0 aromatic carbocycles. The van der Waals surface area contributed by atoms with Crippen molar-refractivity contribution in [3.63, 3.8) is 0 Å². The number of rotatable bonds is 5. The van der Waals surface area contributed by atoms with Gasteiger partial charge in [-0.05, 0) is 37.8 Å². The van der Waals surface area contributed by atoms with E-state index in [0.29, 0.717) is 24.0 Å². The number of hydrogen-bond donors (Lipinski definition) is 1. The molecule has 0 aliphatic heterocycles. The number of carbonyl (C=O) groups excluding carboxylic acids is 1. The number of hydrogen-bond acceptors (Lipinski definition) is 7. The first-order valence-electron chi connectivity index (χ1n) is 7.30. The standard InChI is InChI=1S/C15H15N5O2S/c16-10-15(5-1-2-6-15)18-12(21)9-23-14-20-19-13(22-14)11-3-7-17-8-4-11/h3-4,7-8H,1-2,5-6,9H2,(H,18,21). The molecular formula is C15H15N5O2S. The molecule has 1 amide bonds. The van der Waals surface area contributed by atoms with E-state index in [9.17, 15) is 10.1 Å². The van der Waals surface area contributed by atoms with E-state index in [4.69, 9.17) is 4.42 Å². The van der Waals surface area contributed by atoms with E-state index in [1.807, 2.05) is 0 Å². The predicted octanol–water partition coefficient (Wildman–Crippen LogP) is 2.18. The van der Waals surface area contributed by atoms with Crippen molar-refractivity contribution in [3.05, 3.63) is 24.5 Å². The molecule has 118 valence electrons. The minimum absolute atomic E-state index is 0.140. The molecule has 1 fully saturated rings. The Morgan fingerprint density at radius 2 is 2.09 bits per heavy atom. The van der Waals surface area contributed by atoms with E-state index >= 15 is 0 Å². The van der Waals surface area contributed by atoms with Crippen molar-refractivity contribution in [1.82, 2.24) is 20.5 Å². The Hall–Kier alpha value is -2.40. The molecule has 1 saturated carbocycles. The van der Waals surface area contributed by atoms with E-state index in [1.165, 1.54) is 0 Å². The van der Waals surface area contributed by atoms with E-state index < -0.39 is 5.54 Å². The lowest BCUT2D eigenvalue weighted by molar-refractivity contribution is -0.119. The molecule has 2 aromatic heterocycles. The third-order valence-corrected chi connectivity index (χ3v) is 4.53. The van der Waals surface area contributed by atoms with Crippen LogP contribution in [0.25, 0.3) is 11.5 Å². The lowest BCUT2D eigenvalue weighted by Gasteiger charge is -2.21. The number of thioether (sulfide) groups is 1. The van der Waals surface area contributed by atoms with E-state index in [2.05, 4.69) is 26.6 Å². The molecule has 2 heterocycles. The number of pyridine rings is 1. The minimum Gasteiger partial charge on any atom is -0.411 e. The van der Waals surface area contributed by atoms with Gasteiger partial charge in [-0.15, -0.1) is 10.2 Å². The Kier molecular flexibility index (Phi) is 4.57. The summed E-state index contributed by atoms with van der Waals surface area (Å²) in [6, 6.07) is 5.77. The van der Waals surface area contributed by atoms with Crippen molar-refractivity contribution in [2.24, 2.45) is 0 Å². The maximum atomic E-state index is 12.0. The lowest BCUT2D eigenvalue weighted by Crippen LogP contribution is -2.45. The minimum atomic E-state index is -0.700. The molecule has 0 atom stereocenters. The Morgan fingerprint density at radius 1 is 1.35 bits per heavy atom. The third kappa shape index (κ3) is 3.68. The number of nitriles is 1. The Morgan fingerprint density at radius 3 is 2.78 bits per heavy atom. The summed E-state index contributed by atoms with van der Waals surface area (Å²) in [5.41, 5.74) is 0.0764. The molecule has 0 unspecified atom stereocenters. The van der Waals surface area contributed by atoms with Gasteiger partial charge < -0.3 is 9.73 Å². The number of carbonyl (C=O) groups is 1. The highest BCUT2D eigenvalue weighted by Gasteiger charge is 2.35. The first-order chi connectivity index (χ1) is 11.2. The summed E-state index contributed by atoms with van der Waals surface area (Å²) < 4.78 is 5.51. The largest absolute Gasteiger partial charge is 0.411 e. The molecule has 1 aliphatic carbocycles. The number of nitrogens with zero attached hydrogens (tertiary/aromatic N) is 4. The highest BCUT2D eigenvalue weighted by Crippen LogP contribution is 2.29. The quantitative estimate of drug-likeness (QED) is 0.838. The fraction of sp³-hybridized carbons (Fsp3) is 0.400. The van der Waals surface area contributed by atoms with Crippen molar-refractivity contribution in [2.75, 3.05) is 5.75 Å². The molecule has 2 aromatic rings. The Balaban J connectivity index is 1.56. The normalized spacial score (nSPS) is 16.0. The zero-order valence-electron chi connectivity index (χ0n) is 12.4. The average molecular weight is 329 g/mol. The van der Waals surface area contributed by atoms with Crippen molar-refractivity contribution >= 4 is 17.7 Å². The number of nitrogens with one attached hydrogen (secondary N) is 1. The van der Waals surface area contributed by atoms with Gasteiger partial charge in [-0.25, -0.2) is 0 Å². The molecule has 23 heavy (non-hydrogen) atoms. The molecule has 8 heteroatoms. The summed E-state index contributed by atoms with van der Waals surface area (Å²) in [4.78, 5) is 16.0. The molecule has 7 nitrogen and oxygen atoms in total. The highest BCUT2D eigenvalue weighted by atomic mass is 32.2. The average Bonchev–Trinajstić information content (AvgIpc) is 3.24. The summed E-state index contributed by atoms with van der Waals surface area (Å²) in [6.07, 6.45) is 6.66. The van der Waals surface area contributed by atoms with E-state index in [1.54, 1.807) is 24.5 Å². The lowest BCUT2D eigenvalue weighted by atomic mass is 10.0. The molecule has 0 saturated heterocycles. The summed E-state index contributed by atoms with van der Waals surface area (Å²) in [5.74, 6) is 0.336. The molecule has 0 radical (unpaired) electrons. The zero-order valence-corrected chi connectivity index (χ0v) is 13.2. The number of amides is 1. The van der Waals surface area contributed by atoms with Crippen LogP contribution >= 0.6 is 11.8 Å². The van der Waals surface area contributed by atoms with Crippen LogP contribution in [0.5, 0.6) is 0 Å². The first kappa shape index (κ1) is 15.5. The van der Waals surface area contributed by atoms with Crippen LogP contribution in [0.1, 0.15) is 25.7 Å². The van der Waals surface area contributed by atoms with Gasteiger partial charge in [0, 0.05) is 18.0 Å². The molecule has 0 bridgehead atoms. The van der Waals surface area contributed by atoms with Crippen molar-refractivity contribution in [1.29, 1.82) is 5.26 Å². The molecule has 1 aliphatic rings. The van der Waals surface area contributed by atoms with Gasteiger partial charge in [0.15, 0.2) is 0 Å². The van der Waals surface area contributed by atoms with Crippen LogP contribution in [-0.2, 0) is 4.79 Å². The van der Waals surface area contributed by atoms with Gasteiger partial charge in [0.2, 0.25) is 11.8 Å². The Labute approximate surface area is 137 Å². The van der Waals surface area contributed by atoms with Gasteiger partial charge in [0.1, 0.15) is 5.54 Å². The second kappa shape index (κ2) is 6.79. The van der Waals surface area contributed by atoms with Gasteiger partial charge in [-0.2, -0.15) is 5.26 Å². The smallest absolute Gasteiger partial charge is 0.277 e. The van der Waals surface area contributed by atoms with Crippen LogP contribution in [0.2, 0.25) is 0 Å². The fourth-order valence-electron chi connectivity index (χ4n) is 2.55. The number of aromatic nitrogens is 3. The van der Waals surface area contributed by atoms with Gasteiger partial charge in [0.25, 0.3) is 5.22 Å². The monoisotopic (exact) mass is 329 g/mol. The van der Waals surface area contributed by atoms with Crippen molar-refractivity contribution in [3.8, 4) is 17.5 Å². The van der Waals surface area contributed by atoms with Crippen LogP contribution in [0.3, 0.4) is 0 Å². The predicted molar refractivity (Wildman–Crippen MR) is 83.2 cm³/mol. The second-order valence-electron chi connectivity index (χ2n) is 5.35. The van der Waals surface area contributed by atoms with Crippen molar-refractivity contribution in [2.45, 2.75) is 36.4 Å².